The van der Waals surface area contributed by atoms with Gasteiger partial charge in [0.25, 0.3) is 11.8 Å². The first-order valence-corrected chi connectivity index (χ1v) is 13.5. The molecule has 4 heterocycles. The molecule has 0 aliphatic carbocycles. The summed E-state index contributed by atoms with van der Waals surface area (Å²) in [5, 5.41) is 24.0. The number of thioether (sulfide) groups is 2. The molecule has 1 fully saturated rings. The lowest BCUT2D eigenvalue weighted by molar-refractivity contribution is -0.689. The number of rotatable bonds is 10. The summed E-state index contributed by atoms with van der Waals surface area (Å²) in [5.74, 6) is -3.96. The molecule has 0 aromatic carbocycles. The lowest BCUT2D eigenvalue weighted by atomic mass is 10.0. The average Bonchev–Trinajstić information content (AvgIpc) is 3.30. The van der Waals surface area contributed by atoms with E-state index in [9.17, 15) is 24.3 Å². The van der Waals surface area contributed by atoms with Crippen LogP contribution in [-0.2, 0) is 30.6 Å². The Hall–Kier alpha value is -3.70. The van der Waals surface area contributed by atoms with E-state index < -0.39 is 47.5 Å². The molecule has 2 amide bonds. The van der Waals surface area contributed by atoms with Crippen molar-refractivity contribution in [1.29, 1.82) is 0 Å². The number of carboxylic acid groups (broad SMARTS) is 2. The second-order valence-corrected chi connectivity index (χ2v) is 10.4. The monoisotopic (exact) mass is 566 g/mol. The minimum absolute atomic E-state index is 0.0344. The molecule has 1 saturated heterocycles. The van der Waals surface area contributed by atoms with Crippen LogP contribution in [0.1, 0.15) is 5.82 Å². The smallest absolute Gasteiger partial charge is 0.352 e. The summed E-state index contributed by atoms with van der Waals surface area (Å²) in [6.07, 6.45) is 5.62. The number of amides is 2. The number of carboxylic acids is 2. The molecule has 2 atom stereocenters. The van der Waals surface area contributed by atoms with Gasteiger partial charge in [0, 0.05) is 39.9 Å². The number of nitrogen functional groups attached to an aromatic ring is 1. The van der Waals surface area contributed by atoms with Crippen LogP contribution in [0.3, 0.4) is 0 Å². The molecule has 4 rings (SSSR count). The van der Waals surface area contributed by atoms with Gasteiger partial charge in [-0.15, -0.1) is 23.5 Å². The van der Waals surface area contributed by atoms with Gasteiger partial charge in [0.15, 0.2) is 24.1 Å². The van der Waals surface area contributed by atoms with Crippen LogP contribution in [0.2, 0.25) is 0 Å². The fraction of sp³-hybridized carbons (Fsp3) is 0.300. The van der Waals surface area contributed by atoms with Crippen LogP contribution in [0.4, 0.5) is 5.13 Å². The van der Waals surface area contributed by atoms with E-state index in [1.165, 1.54) is 11.8 Å². The minimum Gasteiger partial charge on any atom is -0.479 e. The van der Waals surface area contributed by atoms with E-state index in [0.29, 0.717) is 11.3 Å². The van der Waals surface area contributed by atoms with Crippen molar-refractivity contribution in [3.63, 3.8) is 0 Å². The first kappa shape index (κ1) is 26.4. The molecular formula is C20H20N7O7S3+. The first-order chi connectivity index (χ1) is 17.7. The number of nitrogens with one attached hydrogen (secondary N) is 1. The van der Waals surface area contributed by atoms with E-state index in [1.807, 2.05) is 35.3 Å². The van der Waals surface area contributed by atoms with Crippen LogP contribution in [-0.4, -0.2) is 84.0 Å². The molecule has 2 aromatic rings. The Morgan fingerprint density at radius 1 is 1.35 bits per heavy atom. The van der Waals surface area contributed by atoms with Gasteiger partial charge in [-0.25, -0.2) is 14.2 Å². The van der Waals surface area contributed by atoms with Crippen LogP contribution in [0.15, 0.2) is 45.8 Å². The lowest BCUT2D eigenvalue weighted by Gasteiger charge is -2.49. The highest BCUT2D eigenvalue weighted by Gasteiger charge is 2.54. The van der Waals surface area contributed by atoms with Crippen molar-refractivity contribution in [3.8, 4) is 0 Å². The number of carbonyl (C=O) groups excluding carboxylic acids is 2. The maximum atomic E-state index is 13.0. The number of nitrogens with two attached hydrogens (primary N) is 1. The number of β-lactam (4-membered cyclic amide) rings is 1. The van der Waals surface area contributed by atoms with Crippen LogP contribution in [0.5, 0.6) is 0 Å². The average molecular weight is 567 g/mol. The van der Waals surface area contributed by atoms with E-state index in [1.54, 1.807) is 11.8 Å². The molecule has 2 aromatic heterocycles. The summed E-state index contributed by atoms with van der Waals surface area (Å²) in [4.78, 5) is 59.5. The lowest BCUT2D eigenvalue weighted by Crippen LogP contribution is -2.71. The number of hydrogen-bond donors (Lipinski definition) is 4. The number of fused-ring (bicyclic) bond motifs is 1. The molecule has 194 valence electrons. The van der Waals surface area contributed by atoms with Gasteiger partial charge in [-0.05, 0) is 6.26 Å². The van der Waals surface area contributed by atoms with E-state index in [-0.39, 0.29) is 23.2 Å². The van der Waals surface area contributed by atoms with Gasteiger partial charge < -0.3 is 26.1 Å². The Morgan fingerprint density at radius 2 is 2.08 bits per heavy atom. The van der Waals surface area contributed by atoms with Crippen molar-refractivity contribution in [2.45, 2.75) is 22.9 Å². The third kappa shape index (κ3) is 5.67. The SMILES string of the molecule is CSc1cc[n+](CC2=C(C(=O)O)N3C(=O)C(NC(=O)C(=NOCC(=O)O)c4nsc(N)n4)[C@H]3SC2)cc1. The topological polar surface area (TPSA) is 201 Å². The van der Waals surface area contributed by atoms with Gasteiger partial charge in [0.1, 0.15) is 17.1 Å². The van der Waals surface area contributed by atoms with Gasteiger partial charge in [0.05, 0.1) is 0 Å². The zero-order chi connectivity index (χ0) is 26.7. The summed E-state index contributed by atoms with van der Waals surface area (Å²) in [6, 6.07) is 2.77. The third-order valence-corrected chi connectivity index (χ3v) is 7.84. The number of hydrogen-bond acceptors (Lipinski definition) is 12. The number of pyridine rings is 1. The summed E-state index contributed by atoms with van der Waals surface area (Å²) in [7, 11) is 0. The van der Waals surface area contributed by atoms with Crippen LogP contribution in [0.25, 0.3) is 0 Å². The van der Waals surface area contributed by atoms with Gasteiger partial charge >= 0.3 is 11.9 Å². The largest absolute Gasteiger partial charge is 0.479 e. The highest BCUT2D eigenvalue weighted by atomic mass is 32.2. The Balaban J connectivity index is 1.51. The highest BCUT2D eigenvalue weighted by molar-refractivity contribution is 8.00. The molecule has 0 saturated carbocycles. The van der Waals surface area contributed by atoms with Crippen molar-refractivity contribution < 1.29 is 38.8 Å². The van der Waals surface area contributed by atoms with Gasteiger partial charge in [-0.2, -0.15) is 9.36 Å². The number of anilines is 1. The molecule has 5 N–H and O–H groups in total. The predicted octanol–water partition coefficient (Wildman–Crippen LogP) is -0.626. The van der Waals surface area contributed by atoms with E-state index >= 15 is 0 Å². The van der Waals surface area contributed by atoms with Crippen LogP contribution < -0.4 is 15.6 Å². The molecule has 0 spiro atoms. The Morgan fingerprint density at radius 3 is 2.68 bits per heavy atom. The second-order valence-electron chi connectivity index (χ2n) is 7.59. The molecule has 0 radical (unpaired) electrons. The molecule has 2 aliphatic rings. The number of oxime groups is 1. The molecule has 1 unspecified atom stereocenters. The number of aliphatic carboxylic acids is 2. The van der Waals surface area contributed by atoms with Gasteiger partial charge in [-0.1, -0.05) is 5.16 Å². The Labute approximate surface area is 221 Å². The first-order valence-electron chi connectivity index (χ1n) is 10.4. The van der Waals surface area contributed by atoms with Crippen molar-refractivity contribution in [2.24, 2.45) is 5.16 Å². The maximum Gasteiger partial charge on any atom is 0.352 e. The molecule has 0 bridgehead atoms. The zero-order valence-electron chi connectivity index (χ0n) is 19.1. The fourth-order valence-electron chi connectivity index (χ4n) is 3.59. The van der Waals surface area contributed by atoms with Crippen LogP contribution in [0, 0.1) is 0 Å². The number of aromatic nitrogens is 3. The van der Waals surface area contributed by atoms with Crippen molar-refractivity contribution in [1.82, 2.24) is 19.6 Å². The molecule has 2 aliphatic heterocycles. The van der Waals surface area contributed by atoms with Crippen molar-refractivity contribution >= 4 is 69.7 Å². The molecule has 14 nitrogen and oxygen atoms in total. The standard InChI is InChI=1S/C20H19N7O7S3/c1-35-10-2-4-26(5-3-10)6-9-8-36-18-13(17(31)27(18)14(9)19(32)33)22-16(30)12(24-34-7-11(28)29)15-23-20(21)37-25-15/h2-5,13,18H,6-8H2,1H3,(H4-,21,22,23,25,28,29,30,32,33)/p+1/t13?,18-/m1/s1. The van der Waals surface area contributed by atoms with Crippen LogP contribution >= 0.6 is 35.1 Å². The molecule has 17 heteroatoms. The summed E-state index contributed by atoms with van der Waals surface area (Å²) < 4.78 is 5.71. The van der Waals surface area contributed by atoms with E-state index in [4.69, 9.17) is 10.8 Å². The fourth-order valence-corrected chi connectivity index (χ4v) is 5.75. The number of carbonyl (C=O) groups is 4. The second kappa shape index (κ2) is 11.1. The van der Waals surface area contributed by atoms with Crippen molar-refractivity contribution in [2.75, 3.05) is 24.3 Å². The Bertz CT molecular complexity index is 1310. The van der Waals surface area contributed by atoms with E-state index in [0.717, 1.165) is 21.3 Å². The van der Waals surface area contributed by atoms with Crippen molar-refractivity contribution in [3.05, 3.63) is 41.6 Å². The normalized spacial score (nSPS) is 19.2. The quantitative estimate of drug-likeness (QED) is 0.0934. The maximum absolute atomic E-state index is 13.0. The zero-order valence-corrected chi connectivity index (χ0v) is 21.5. The summed E-state index contributed by atoms with van der Waals surface area (Å²) >= 11 is 3.68. The summed E-state index contributed by atoms with van der Waals surface area (Å²) in [5.41, 5.74) is 5.53. The number of nitrogens with zero attached hydrogens (tertiary/aromatic N) is 5. The minimum atomic E-state index is -1.32. The summed E-state index contributed by atoms with van der Waals surface area (Å²) in [6.45, 7) is -0.538. The Kier molecular flexibility index (Phi) is 7.94. The molecular weight excluding hydrogens is 546 g/mol. The molecule has 37 heavy (non-hydrogen) atoms. The van der Waals surface area contributed by atoms with E-state index in [2.05, 4.69) is 24.7 Å². The third-order valence-electron chi connectivity index (χ3n) is 5.22. The van der Waals surface area contributed by atoms with Gasteiger partial charge in [0.2, 0.25) is 18.1 Å². The highest BCUT2D eigenvalue weighted by Crippen LogP contribution is 2.40. The predicted molar refractivity (Wildman–Crippen MR) is 133 cm³/mol. The van der Waals surface area contributed by atoms with Gasteiger partial charge in [-0.3, -0.25) is 14.5 Å².